The number of rotatable bonds is 9. The van der Waals surface area contributed by atoms with Gasteiger partial charge in [-0.25, -0.2) is 0 Å². The number of nitriles is 1. The van der Waals surface area contributed by atoms with Crippen LogP contribution >= 0.6 is 11.6 Å². The maximum atomic E-state index is 13.1. The molecule has 1 unspecified atom stereocenters. The van der Waals surface area contributed by atoms with E-state index in [4.69, 9.17) is 21.6 Å². The van der Waals surface area contributed by atoms with Gasteiger partial charge in [0.1, 0.15) is 17.9 Å². The molecule has 1 saturated carbocycles. The number of nitrogens with one attached hydrogen (secondary N) is 2. The number of carbonyl (C=O) groups excluding carboxylic acids is 4. The van der Waals surface area contributed by atoms with E-state index in [9.17, 15) is 19.2 Å². The first kappa shape index (κ1) is 37.8. The van der Waals surface area contributed by atoms with Crippen LogP contribution in [0.2, 0.25) is 5.02 Å². The topological polar surface area (TPSA) is 138 Å². The van der Waals surface area contributed by atoms with Crippen LogP contribution in [0.15, 0.2) is 60.7 Å². The Morgan fingerprint density at radius 3 is 2.25 bits per heavy atom. The first-order chi connectivity index (χ1) is 27.2. The molecule has 5 aliphatic rings. The Bertz CT molecular complexity index is 2010. The van der Waals surface area contributed by atoms with Gasteiger partial charge in [-0.15, -0.1) is 0 Å². The van der Waals surface area contributed by atoms with Crippen molar-refractivity contribution in [1.82, 2.24) is 15.1 Å². The Morgan fingerprint density at radius 1 is 0.839 bits per heavy atom. The Morgan fingerprint density at radius 2 is 1.55 bits per heavy atom. The van der Waals surface area contributed by atoms with Gasteiger partial charge in [0.05, 0.1) is 16.7 Å². The molecule has 13 heteroatoms. The van der Waals surface area contributed by atoms with Crippen LogP contribution in [0, 0.1) is 23.2 Å². The molecule has 0 spiro atoms. The van der Waals surface area contributed by atoms with Crippen molar-refractivity contribution in [3.8, 4) is 11.8 Å². The highest BCUT2D eigenvalue weighted by Gasteiger charge is 2.39. The Kier molecular flexibility index (Phi) is 11.2. The third-order valence-electron chi connectivity index (χ3n) is 12.3. The van der Waals surface area contributed by atoms with Gasteiger partial charge < -0.3 is 24.8 Å². The molecule has 1 aliphatic carbocycles. The molecule has 3 aromatic rings. The first-order valence-electron chi connectivity index (χ1n) is 20.0. The predicted octanol–water partition coefficient (Wildman–Crippen LogP) is 5.59. The zero-order valence-electron chi connectivity index (χ0n) is 31.6. The fourth-order valence-electron chi connectivity index (χ4n) is 8.98. The lowest BCUT2D eigenvalue weighted by Crippen LogP contribution is -2.52. The van der Waals surface area contributed by atoms with Crippen LogP contribution in [-0.2, 0) is 20.9 Å². The fourth-order valence-corrected chi connectivity index (χ4v) is 9.19. The molecule has 3 aromatic carbocycles. The van der Waals surface area contributed by atoms with Crippen LogP contribution in [0.25, 0.3) is 0 Å². The summed E-state index contributed by atoms with van der Waals surface area (Å²) in [7, 11) is 0. The first-order valence-corrected chi connectivity index (χ1v) is 20.4. The fraction of sp³-hybridized carbons (Fsp3) is 0.465. The number of benzene rings is 3. The molecular weight excluding hydrogens is 730 g/mol. The minimum atomic E-state index is -0.597. The number of imide groups is 1. The van der Waals surface area contributed by atoms with Gasteiger partial charge in [-0.05, 0) is 111 Å². The van der Waals surface area contributed by atoms with E-state index in [2.05, 4.69) is 49.6 Å². The summed E-state index contributed by atoms with van der Waals surface area (Å²) >= 11 is 6.16. The largest absolute Gasteiger partial charge is 0.490 e. The summed E-state index contributed by atoms with van der Waals surface area (Å²) in [5.74, 6) is 0.521. The molecule has 292 valence electrons. The van der Waals surface area contributed by atoms with Crippen molar-refractivity contribution in [2.24, 2.45) is 11.8 Å². The van der Waals surface area contributed by atoms with Crippen molar-refractivity contribution in [1.29, 1.82) is 5.26 Å². The Balaban J connectivity index is 0.742. The van der Waals surface area contributed by atoms with Crippen LogP contribution in [-0.4, -0.2) is 91.4 Å². The summed E-state index contributed by atoms with van der Waals surface area (Å²) in [4.78, 5) is 59.3. The number of hydrogen-bond acceptors (Lipinski definition) is 9. The van der Waals surface area contributed by atoms with Gasteiger partial charge in [0.2, 0.25) is 17.7 Å². The van der Waals surface area contributed by atoms with Gasteiger partial charge in [-0.1, -0.05) is 11.6 Å². The van der Waals surface area contributed by atoms with Crippen molar-refractivity contribution >= 4 is 52.3 Å². The van der Waals surface area contributed by atoms with Gasteiger partial charge in [0.15, 0.2) is 0 Å². The lowest BCUT2D eigenvalue weighted by Gasteiger charge is -2.40. The molecule has 2 N–H and O–H groups in total. The number of piperidine rings is 2. The minimum absolute atomic E-state index is 0.0249. The number of hydrogen-bond donors (Lipinski definition) is 2. The van der Waals surface area contributed by atoms with Crippen molar-refractivity contribution in [3.63, 3.8) is 0 Å². The summed E-state index contributed by atoms with van der Waals surface area (Å²) in [6.07, 6.45) is 6.03. The van der Waals surface area contributed by atoms with Crippen LogP contribution in [0.3, 0.4) is 0 Å². The van der Waals surface area contributed by atoms with E-state index in [1.165, 1.54) is 5.69 Å². The zero-order chi connectivity index (χ0) is 38.8. The monoisotopic (exact) mass is 777 g/mol. The molecule has 4 fully saturated rings. The molecule has 12 nitrogen and oxygen atoms in total. The van der Waals surface area contributed by atoms with E-state index in [0.29, 0.717) is 40.8 Å². The molecule has 3 saturated heterocycles. The number of amides is 4. The molecule has 0 radical (unpaired) electrons. The van der Waals surface area contributed by atoms with Crippen LogP contribution in [0.5, 0.6) is 5.75 Å². The van der Waals surface area contributed by atoms with Gasteiger partial charge in [-0.3, -0.25) is 29.4 Å². The van der Waals surface area contributed by atoms with Gasteiger partial charge in [0.25, 0.3) is 5.91 Å². The second kappa shape index (κ2) is 16.5. The molecule has 4 heterocycles. The summed E-state index contributed by atoms with van der Waals surface area (Å²) in [6, 6.07) is 20.9. The van der Waals surface area contributed by atoms with Crippen LogP contribution < -0.4 is 25.2 Å². The lowest BCUT2D eigenvalue weighted by molar-refractivity contribution is -0.137. The molecule has 1 atom stereocenters. The minimum Gasteiger partial charge on any atom is -0.490 e. The third-order valence-corrected chi connectivity index (χ3v) is 12.6. The van der Waals surface area contributed by atoms with Crippen molar-refractivity contribution in [3.05, 3.63) is 82.4 Å². The summed E-state index contributed by atoms with van der Waals surface area (Å²) < 4.78 is 6.09. The van der Waals surface area contributed by atoms with Gasteiger partial charge in [0, 0.05) is 93.4 Å². The Hall–Kier alpha value is -5.12. The number of piperazine rings is 1. The number of fused-ring (bicyclic) bond motifs is 1. The maximum absolute atomic E-state index is 13.1. The second-order valence-corrected chi connectivity index (χ2v) is 16.2. The quantitative estimate of drug-likeness (QED) is 0.267. The maximum Gasteiger partial charge on any atom is 0.255 e. The highest BCUT2D eigenvalue weighted by atomic mass is 35.5. The highest BCUT2D eigenvalue weighted by molar-refractivity contribution is 6.31. The zero-order valence-corrected chi connectivity index (χ0v) is 32.3. The van der Waals surface area contributed by atoms with Crippen LogP contribution in [0.1, 0.15) is 72.9 Å². The number of nitrogens with zero attached hydrogens (tertiary/aromatic N) is 5. The molecule has 4 amide bonds. The van der Waals surface area contributed by atoms with Gasteiger partial charge in [-0.2, -0.15) is 5.26 Å². The predicted molar refractivity (Wildman–Crippen MR) is 214 cm³/mol. The molecule has 4 aliphatic heterocycles. The molecule has 8 rings (SSSR count). The molecule has 56 heavy (non-hydrogen) atoms. The van der Waals surface area contributed by atoms with E-state index in [-0.39, 0.29) is 42.1 Å². The highest BCUT2D eigenvalue weighted by Crippen LogP contribution is 2.33. The summed E-state index contributed by atoms with van der Waals surface area (Å²) in [5.41, 5.74) is 5.14. The average Bonchev–Trinajstić information content (AvgIpc) is 3.54. The lowest BCUT2D eigenvalue weighted by atomic mass is 9.86. The molecular formula is C43H48ClN7O5. The number of halogens is 1. The Labute approximate surface area is 332 Å². The average molecular weight is 778 g/mol. The second-order valence-electron chi connectivity index (χ2n) is 15.8. The third kappa shape index (κ3) is 8.34. The summed E-state index contributed by atoms with van der Waals surface area (Å²) in [5, 5.41) is 15.0. The SMILES string of the molecule is N#Cc1ccc(OC2CCC(C(=O)Nc3ccc(N4CCC(CN5CCN(c6ccc7c(c6)CN(C6CCC(=O)NC6=O)C7=O)CC5)CC4)cc3)CC2)cc1Cl. The van der Waals surface area contributed by atoms with Crippen molar-refractivity contribution < 1.29 is 23.9 Å². The van der Waals surface area contributed by atoms with Gasteiger partial charge >= 0.3 is 0 Å². The van der Waals surface area contributed by atoms with Crippen molar-refractivity contribution in [2.45, 2.75) is 70.1 Å². The smallest absolute Gasteiger partial charge is 0.255 e. The summed E-state index contributed by atoms with van der Waals surface area (Å²) in [6.45, 7) is 7.37. The van der Waals surface area contributed by atoms with E-state index in [1.54, 1.807) is 23.1 Å². The van der Waals surface area contributed by atoms with Crippen molar-refractivity contribution in [2.75, 3.05) is 60.9 Å². The molecule has 0 bridgehead atoms. The van der Waals surface area contributed by atoms with E-state index >= 15 is 0 Å². The normalized spacial score (nSPS) is 23.4. The standard InChI is InChI=1S/C43H48ClN7O5/c44-38-24-36(11-3-30(38)25-45)56-35-9-1-29(2-10-35)41(53)46-32-4-6-33(7-5-32)49-17-15-28(16-18-49)26-48-19-21-50(22-20-48)34-8-12-37-31(23-34)27-51(43(37)55)39-13-14-40(52)47-42(39)54/h3-8,11-12,23-24,28-29,35,39H,1-2,9-10,13-22,26-27H2,(H,46,53)(H,47,52,54). The number of carbonyl (C=O) groups is 4. The number of anilines is 3. The van der Waals surface area contributed by atoms with Crippen LogP contribution in [0.4, 0.5) is 17.1 Å². The van der Waals surface area contributed by atoms with E-state index in [1.807, 2.05) is 24.3 Å². The van der Waals surface area contributed by atoms with E-state index in [0.717, 1.165) is 101 Å². The molecule has 0 aromatic heterocycles. The van der Waals surface area contributed by atoms with E-state index < -0.39 is 6.04 Å². The number of ether oxygens (including phenoxy) is 1.